The van der Waals surface area contributed by atoms with Crippen molar-refractivity contribution >= 4 is 5.91 Å². The van der Waals surface area contributed by atoms with Crippen molar-refractivity contribution in [2.45, 2.75) is 18.9 Å². The van der Waals surface area contributed by atoms with Crippen molar-refractivity contribution in [1.29, 1.82) is 0 Å². The highest BCUT2D eigenvalue weighted by Crippen LogP contribution is 2.19. The number of benzene rings is 2. The minimum Gasteiger partial charge on any atom is -0.396 e. The Morgan fingerprint density at radius 3 is 2.45 bits per heavy atom. The molecule has 5 heteroatoms. The first-order chi connectivity index (χ1) is 10.6. The molecule has 0 aliphatic carbocycles. The Morgan fingerprint density at radius 2 is 1.82 bits per heavy atom. The Labute approximate surface area is 127 Å². The van der Waals surface area contributed by atoms with E-state index in [1.807, 2.05) is 30.3 Å². The van der Waals surface area contributed by atoms with Crippen LogP contribution in [-0.4, -0.2) is 17.6 Å². The highest BCUT2D eigenvalue weighted by molar-refractivity contribution is 5.94. The van der Waals surface area contributed by atoms with E-state index in [-0.39, 0.29) is 18.2 Å². The quantitative estimate of drug-likeness (QED) is 0.861. The van der Waals surface area contributed by atoms with Gasteiger partial charge in [-0.15, -0.1) is 0 Å². The first kappa shape index (κ1) is 16.1. The van der Waals surface area contributed by atoms with Gasteiger partial charge in [0.25, 0.3) is 5.91 Å². The number of rotatable bonds is 6. The molecule has 0 spiro atoms. The molecule has 1 amide bonds. The second-order valence-electron chi connectivity index (χ2n) is 4.93. The van der Waals surface area contributed by atoms with E-state index in [2.05, 4.69) is 5.32 Å². The van der Waals surface area contributed by atoms with Crippen molar-refractivity contribution in [1.82, 2.24) is 5.32 Å². The molecule has 2 rings (SSSR count). The molecule has 1 atom stereocenters. The minimum absolute atomic E-state index is 0.0182. The topological polar surface area (TPSA) is 49.3 Å². The lowest BCUT2D eigenvalue weighted by molar-refractivity contribution is 0.0932. The SMILES string of the molecule is O=C(NC(CCCO)c1ccccc1)c1ccc(F)c(F)c1. The van der Waals surface area contributed by atoms with Crippen LogP contribution in [0.25, 0.3) is 0 Å². The summed E-state index contributed by atoms with van der Waals surface area (Å²) in [5.74, 6) is -2.53. The van der Waals surface area contributed by atoms with Crippen LogP contribution in [0.1, 0.15) is 34.8 Å². The third-order valence-electron chi connectivity index (χ3n) is 3.34. The van der Waals surface area contributed by atoms with Gasteiger partial charge in [0.05, 0.1) is 6.04 Å². The summed E-state index contributed by atoms with van der Waals surface area (Å²) >= 11 is 0. The van der Waals surface area contributed by atoms with E-state index in [1.165, 1.54) is 6.07 Å². The van der Waals surface area contributed by atoms with E-state index < -0.39 is 17.5 Å². The number of amides is 1. The summed E-state index contributed by atoms with van der Waals surface area (Å²) in [4.78, 5) is 12.2. The number of carbonyl (C=O) groups is 1. The van der Waals surface area contributed by atoms with Gasteiger partial charge in [-0.25, -0.2) is 8.78 Å². The molecule has 0 aliphatic rings. The van der Waals surface area contributed by atoms with Gasteiger partial charge in [0.1, 0.15) is 0 Å². The number of halogens is 2. The Balaban J connectivity index is 2.15. The maximum atomic E-state index is 13.2. The third-order valence-corrected chi connectivity index (χ3v) is 3.34. The zero-order chi connectivity index (χ0) is 15.9. The monoisotopic (exact) mass is 305 g/mol. The standard InChI is InChI=1S/C17H17F2NO2/c18-14-9-8-13(11-15(14)19)17(22)20-16(7-4-10-21)12-5-2-1-3-6-12/h1-3,5-6,8-9,11,16,21H,4,7,10H2,(H,20,22). The lowest BCUT2D eigenvalue weighted by Crippen LogP contribution is -2.29. The predicted molar refractivity (Wildman–Crippen MR) is 79.3 cm³/mol. The van der Waals surface area contributed by atoms with Gasteiger partial charge in [0.15, 0.2) is 11.6 Å². The summed E-state index contributed by atoms with van der Waals surface area (Å²) in [6.07, 6.45) is 1.08. The largest absolute Gasteiger partial charge is 0.396 e. The number of carbonyl (C=O) groups excluding carboxylic acids is 1. The number of hydrogen-bond acceptors (Lipinski definition) is 2. The average Bonchev–Trinajstić information content (AvgIpc) is 2.54. The van der Waals surface area contributed by atoms with Crippen molar-refractivity contribution < 1.29 is 18.7 Å². The third kappa shape index (κ3) is 4.11. The Morgan fingerprint density at radius 1 is 1.09 bits per heavy atom. The lowest BCUT2D eigenvalue weighted by atomic mass is 10.0. The Bertz CT molecular complexity index is 632. The van der Waals surface area contributed by atoms with Crippen LogP contribution >= 0.6 is 0 Å². The van der Waals surface area contributed by atoms with Crippen LogP contribution in [0.2, 0.25) is 0 Å². The average molecular weight is 305 g/mol. The van der Waals surface area contributed by atoms with Crippen molar-refractivity contribution in [2.75, 3.05) is 6.61 Å². The van der Waals surface area contributed by atoms with Crippen molar-refractivity contribution in [3.63, 3.8) is 0 Å². The van der Waals surface area contributed by atoms with Crippen LogP contribution < -0.4 is 5.32 Å². The second-order valence-corrected chi connectivity index (χ2v) is 4.93. The summed E-state index contributed by atoms with van der Waals surface area (Å²) < 4.78 is 26.1. The van der Waals surface area contributed by atoms with Gasteiger partial charge in [0.2, 0.25) is 0 Å². The van der Waals surface area contributed by atoms with Gasteiger partial charge in [-0.3, -0.25) is 4.79 Å². The number of nitrogens with one attached hydrogen (secondary N) is 1. The van der Waals surface area contributed by atoms with E-state index in [0.717, 1.165) is 17.7 Å². The molecule has 0 radical (unpaired) electrons. The maximum Gasteiger partial charge on any atom is 0.251 e. The van der Waals surface area contributed by atoms with Gasteiger partial charge in [-0.2, -0.15) is 0 Å². The fourth-order valence-electron chi connectivity index (χ4n) is 2.18. The number of aliphatic hydroxyl groups excluding tert-OH is 1. The lowest BCUT2D eigenvalue weighted by Gasteiger charge is -2.19. The molecule has 22 heavy (non-hydrogen) atoms. The minimum atomic E-state index is -1.06. The molecule has 3 nitrogen and oxygen atoms in total. The second kappa shape index (κ2) is 7.66. The molecule has 116 valence electrons. The molecule has 2 aromatic carbocycles. The molecular formula is C17H17F2NO2. The molecule has 2 aromatic rings. The van der Waals surface area contributed by atoms with Crippen LogP contribution in [0.4, 0.5) is 8.78 Å². The van der Waals surface area contributed by atoms with Gasteiger partial charge < -0.3 is 10.4 Å². The smallest absolute Gasteiger partial charge is 0.251 e. The van der Waals surface area contributed by atoms with E-state index in [9.17, 15) is 13.6 Å². The maximum absolute atomic E-state index is 13.2. The van der Waals surface area contributed by atoms with E-state index >= 15 is 0 Å². The molecule has 0 saturated heterocycles. The van der Waals surface area contributed by atoms with Crippen LogP contribution in [0, 0.1) is 11.6 Å². The summed E-state index contributed by atoms with van der Waals surface area (Å²) in [5, 5.41) is 11.8. The molecule has 2 N–H and O–H groups in total. The number of aliphatic hydroxyl groups is 1. The van der Waals surface area contributed by atoms with E-state index in [1.54, 1.807) is 0 Å². The van der Waals surface area contributed by atoms with Crippen LogP contribution in [-0.2, 0) is 0 Å². The highest BCUT2D eigenvalue weighted by atomic mass is 19.2. The van der Waals surface area contributed by atoms with Crippen molar-refractivity contribution in [3.8, 4) is 0 Å². The van der Waals surface area contributed by atoms with E-state index in [0.29, 0.717) is 12.8 Å². The molecule has 1 unspecified atom stereocenters. The van der Waals surface area contributed by atoms with Crippen LogP contribution in [0.15, 0.2) is 48.5 Å². The predicted octanol–water partition coefficient (Wildman–Crippen LogP) is 3.21. The summed E-state index contributed by atoms with van der Waals surface area (Å²) in [6, 6.07) is 12.0. The molecule has 0 aromatic heterocycles. The van der Waals surface area contributed by atoms with Gasteiger partial charge in [-0.05, 0) is 36.6 Å². The molecule has 0 bridgehead atoms. The fraction of sp³-hybridized carbons (Fsp3) is 0.235. The van der Waals surface area contributed by atoms with Crippen LogP contribution in [0.5, 0.6) is 0 Å². The summed E-state index contributed by atoms with van der Waals surface area (Å²) in [7, 11) is 0. The van der Waals surface area contributed by atoms with Crippen molar-refractivity contribution in [3.05, 3.63) is 71.3 Å². The van der Waals surface area contributed by atoms with Crippen LogP contribution in [0.3, 0.4) is 0 Å². The zero-order valence-corrected chi connectivity index (χ0v) is 11.9. The normalized spacial score (nSPS) is 12.0. The zero-order valence-electron chi connectivity index (χ0n) is 11.9. The summed E-state index contributed by atoms with van der Waals surface area (Å²) in [5.41, 5.74) is 0.954. The van der Waals surface area contributed by atoms with Gasteiger partial charge >= 0.3 is 0 Å². The Hall–Kier alpha value is -2.27. The molecular weight excluding hydrogens is 288 g/mol. The first-order valence-electron chi connectivity index (χ1n) is 7.03. The highest BCUT2D eigenvalue weighted by Gasteiger charge is 2.16. The molecule has 0 aliphatic heterocycles. The molecule has 0 fully saturated rings. The molecule has 0 saturated carbocycles. The van der Waals surface area contributed by atoms with Gasteiger partial charge in [0, 0.05) is 12.2 Å². The van der Waals surface area contributed by atoms with Gasteiger partial charge in [-0.1, -0.05) is 30.3 Å². The van der Waals surface area contributed by atoms with Crippen molar-refractivity contribution in [2.24, 2.45) is 0 Å². The van der Waals surface area contributed by atoms with E-state index in [4.69, 9.17) is 5.11 Å². The number of hydrogen-bond donors (Lipinski definition) is 2. The molecule has 0 heterocycles. The first-order valence-corrected chi connectivity index (χ1v) is 7.03. The summed E-state index contributed by atoms with van der Waals surface area (Å²) in [6.45, 7) is 0.0182. The Kier molecular flexibility index (Phi) is 5.61. The fourth-order valence-corrected chi connectivity index (χ4v) is 2.18.